The molecule has 0 saturated heterocycles. The summed E-state index contributed by atoms with van der Waals surface area (Å²) in [5, 5.41) is 0. The third-order valence-electron chi connectivity index (χ3n) is 1.11. The monoisotopic (exact) mass is 443 g/mol. The van der Waals surface area contributed by atoms with E-state index in [9.17, 15) is 17.3 Å². The van der Waals surface area contributed by atoms with Gasteiger partial charge in [-0.25, -0.2) is 0 Å². The maximum Gasteiger partial charge on any atom is 0.673 e. The van der Waals surface area contributed by atoms with Gasteiger partial charge in [-0.3, -0.25) is 0 Å². The van der Waals surface area contributed by atoms with Gasteiger partial charge in [0.2, 0.25) is 0 Å². The second-order valence-electron chi connectivity index (χ2n) is 2.42. The molecule has 0 nitrogen and oxygen atoms in total. The molecule has 2 aliphatic carbocycles. The van der Waals surface area contributed by atoms with Crippen LogP contribution in [0.3, 0.4) is 0 Å². The molecule has 19 heavy (non-hydrogen) atoms. The Morgan fingerprint density at radius 3 is 0.526 bits per heavy atom. The molecule has 2 saturated carbocycles. The van der Waals surface area contributed by atoms with Crippen molar-refractivity contribution >= 4 is 7.25 Å². The minimum absolute atomic E-state index is 0. The Kier molecular flexibility index (Phi) is 34.8. The van der Waals surface area contributed by atoms with Crippen LogP contribution in [0.2, 0.25) is 0 Å². The average molecular weight is 443 g/mol. The summed E-state index contributed by atoms with van der Waals surface area (Å²) in [4.78, 5) is 0. The van der Waals surface area contributed by atoms with Crippen LogP contribution in [0.25, 0.3) is 0 Å². The Morgan fingerprint density at radius 1 is 0.421 bits per heavy atom. The van der Waals surface area contributed by atoms with E-state index in [-0.39, 0.29) is 44.7 Å². The molecule has 0 aromatic heterocycles. The molecule has 2 aliphatic rings. The minimum Gasteiger partial charge on any atom is -0.418 e. The standard InChI is InChI=1S/2C5H5.3CH3.BF4.Ta/c2*1-2-4-5-3-1;;;;2-1(3,4)5;/h2*1-5H;3*1H3;;/q;;4*-1;. The first-order valence-corrected chi connectivity index (χ1v) is 4.21. The van der Waals surface area contributed by atoms with Gasteiger partial charge >= 0.3 is 7.25 Å². The first kappa shape index (κ1) is 31.8. The summed E-state index contributed by atoms with van der Waals surface area (Å²) >= 11 is 0. The van der Waals surface area contributed by atoms with Gasteiger partial charge in [0, 0.05) is 22.4 Å². The topological polar surface area (TPSA) is 0 Å². The Bertz CT molecular complexity index is 104. The molecule has 111 valence electrons. The van der Waals surface area contributed by atoms with Crippen LogP contribution < -0.4 is 0 Å². The summed E-state index contributed by atoms with van der Waals surface area (Å²) in [5.41, 5.74) is 0. The number of halogens is 4. The number of rotatable bonds is 0. The van der Waals surface area contributed by atoms with Crippen molar-refractivity contribution < 1.29 is 39.6 Å². The van der Waals surface area contributed by atoms with Gasteiger partial charge in [0.1, 0.15) is 0 Å². The van der Waals surface area contributed by atoms with Crippen molar-refractivity contribution in [3.8, 4) is 0 Å². The van der Waals surface area contributed by atoms with Gasteiger partial charge in [0.25, 0.3) is 0 Å². The Hall–Kier alpha value is 0.525. The predicted octanol–water partition coefficient (Wildman–Crippen LogP) is 4.69. The number of hydrogen-bond acceptors (Lipinski definition) is 0. The fourth-order valence-corrected chi connectivity index (χ4v) is 0.642. The molecule has 11 radical (unpaired) electrons. The van der Waals surface area contributed by atoms with E-state index in [0.29, 0.717) is 0 Å². The molecule has 2 fully saturated rings. The van der Waals surface area contributed by atoms with Crippen LogP contribution >= 0.6 is 0 Å². The molecule has 0 aromatic carbocycles. The fraction of sp³-hybridized carbons (Fsp3) is 0. The van der Waals surface area contributed by atoms with E-state index in [1.807, 2.05) is 64.2 Å². The molecule has 0 aromatic rings. The summed E-state index contributed by atoms with van der Waals surface area (Å²) in [6.07, 6.45) is 20.0. The van der Waals surface area contributed by atoms with Crippen molar-refractivity contribution in [3.05, 3.63) is 86.5 Å². The average Bonchev–Trinajstić information content (AvgIpc) is 2.81. The predicted molar refractivity (Wildman–Crippen MR) is 72.4 cm³/mol. The fourth-order valence-electron chi connectivity index (χ4n) is 0.642. The molecule has 2 rings (SSSR count). The molecule has 0 heterocycles. The van der Waals surface area contributed by atoms with Crippen molar-refractivity contribution in [3.63, 3.8) is 0 Å². The van der Waals surface area contributed by atoms with Crippen molar-refractivity contribution in [1.82, 2.24) is 0 Å². The number of hydrogen-bond donors (Lipinski definition) is 0. The van der Waals surface area contributed by atoms with Crippen LogP contribution in [0.4, 0.5) is 17.3 Å². The molecular weight excluding hydrogens is 424 g/mol. The zero-order valence-electron chi connectivity index (χ0n) is 11.3. The van der Waals surface area contributed by atoms with Crippen molar-refractivity contribution in [2.24, 2.45) is 0 Å². The normalized spacial score (nSPS) is 15.8. The van der Waals surface area contributed by atoms with Crippen molar-refractivity contribution in [1.29, 1.82) is 0 Å². The molecule has 0 bridgehead atoms. The van der Waals surface area contributed by atoms with Gasteiger partial charge in [-0.05, 0) is 64.2 Å². The first-order chi connectivity index (χ1) is 7.00. The summed E-state index contributed by atoms with van der Waals surface area (Å²) < 4.78 is 39.0. The maximum atomic E-state index is 9.75. The summed E-state index contributed by atoms with van der Waals surface area (Å²) in [5.74, 6) is 0. The SMILES string of the molecule is F[B-](F)(F)F.[CH3-].[CH3-].[CH3-].[CH]1[CH][CH][CH][CH]1.[CH]1[CH][CH][CH][CH]1.[Ta]. The maximum absolute atomic E-state index is 9.75. The largest absolute Gasteiger partial charge is 0.673 e. The van der Waals surface area contributed by atoms with Crippen molar-refractivity contribution in [2.45, 2.75) is 0 Å². The van der Waals surface area contributed by atoms with E-state index in [1.165, 1.54) is 0 Å². The van der Waals surface area contributed by atoms with E-state index in [4.69, 9.17) is 0 Å². The van der Waals surface area contributed by atoms with Gasteiger partial charge in [-0.2, -0.15) is 0 Å². The first-order valence-electron chi connectivity index (χ1n) is 4.21. The summed E-state index contributed by atoms with van der Waals surface area (Å²) in [6.45, 7) is 0. The van der Waals surface area contributed by atoms with E-state index >= 15 is 0 Å². The molecule has 0 unspecified atom stereocenters. The van der Waals surface area contributed by atoms with Gasteiger partial charge < -0.3 is 39.5 Å². The Balaban J connectivity index is -0.0000000467. The smallest absolute Gasteiger partial charge is 0.418 e. The summed E-state index contributed by atoms with van der Waals surface area (Å²) in [6, 6.07) is 0. The zero-order valence-corrected chi connectivity index (χ0v) is 14.5. The van der Waals surface area contributed by atoms with E-state index in [1.54, 1.807) is 0 Å². The van der Waals surface area contributed by atoms with Crippen LogP contribution in [0, 0.1) is 86.5 Å². The molecule has 6 heteroatoms. The second kappa shape index (κ2) is 20.8. The van der Waals surface area contributed by atoms with Crippen LogP contribution in [0.1, 0.15) is 0 Å². The second-order valence-corrected chi connectivity index (χ2v) is 2.42. The van der Waals surface area contributed by atoms with E-state index < -0.39 is 7.25 Å². The quantitative estimate of drug-likeness (QED) is 0.290. The van der Waals surface area contributed by atoms with Gasteiger partial charge in [0.15, 0.2) is 0 Å². The summed E-state index contributed by atoms with van der Waals surface area (Å²) in [7, 11) is -6.00. The zero-order chi connectivity index (χ0) is 11.6. The minimum atomic E-state index is -6.00. The van der Waals surface area contributed by atoms with Crippen LogP contribution in [-0.4, -0.2) is 7.25 Å². The van der Waals surface area contributed by atoms with E-state index in [0.717, 1.165) is 0 Å². The molecule has 0 amide bonds. The third-order valence-corrected chi connectivity index (χ3v) is 1.11. The van der Waals surface area contributed by atoms with E-state index in [2.05, 4.69) is 0 Å². The van der Waals surface area contributed by atoms with Crippen molar-refractivity contribution in [2.75, 3.05) is 0 Å². The molecule has 0 atom stereocenters. The van der Waals surface area contributed by atoms with Gasteiger partial charge in [0.05, 0.1) is 0 Å². The van der Waals surface area contributed by atoms with Crippen LogP contribution in [0.15, 0.2) is 0 Å². The molecule has 0 N–H and O–H groups in total. The van der Waals surface area contributed by atoms with Crippen LogP contribution in [0.5, 0.6) is 0 Å². The third kappa shape index (κ3) is 45.7. The van der Waals surface area contributed by atoms with Gasteiger partial charge in [-0.15, -0.1) is 0 Å². The Labute approximate surface area is 133 Å². The molecule has 0 aliphatic heterocycles. The van der Waals surface area contributed by atoms with Crippen LogP contribution in [-0.2, 0) is 22.4 Å². The molecular formula is C13H19BF4Ta-4. The molecule has 0 spiro atoms. The Morgan fingerprint density at radius 2 is 0.474 bits per heavy atom. The van der Waals surface area contributed by atoms with Gasteiger partial charge in [-0.1, -0.05) is 0 Å².